The van der Waals surface area contributed by atoms with E-state index in [4.69, 9.17) is 25.8 Å². The molecule has 176 valence electrons. The molecular formula is C25H22ClNO6S. The molecule has 1 fully saturated rings. The standard InChI is InChI=1S/C25H22ClNO6S/c1-13-9-10-34-24(13)21-20(22(28)16-11-19(33-4)17(26)12-18(16)32-3)23(29)25(30)27(21)14-5-7-15(31-2)8-6-14/h5-12,21,28H,1-4H3/b22-20+. The molecule has 3 aromatic rings. The van der Waals surface area contributed by atoms with Crippen LogP contribution in [0.1, 0.15) is 22.0 Å². The molecule has 1 aliphatic rings. The van der Waals surface area contributed by atoms with E-state index in [9.17, 15) is 14.7 Å². The van der Waals surface area contributed by atoms with Crippen LogP contribution in [-0.2, 0) is 9.59 Å². The molecule has 2 heterocycles. The number of hydrogen-bond donors (Lipinski definition) is 1. The van der Waals surface area contributed by atoms with Gasteiger partial charge in [-0.3, -0.25) is 14.5 Å². The van der Waals surface area contributed by atoms with Gasteiger partial charge in [0.25, 0.3) is 11.7 Å². The molecule has 0 radical (unpaired) electrons. The minimum absolute atomic E-state index is 0.0472. The lowest BCUT2D eigenvalue weighted by atomic mass is 9.97. The van der Waals surface area contributed by atoms with Gasteiger partial charge in [0.05, 0.1) is 37.5 Å². The van der Waals surface area contributed by atoms with Crippen LogP contribution in [0, 0.1) is 6.92 Å². The van der Waals surface area contributed by atoms with Gasteiger partial charge in [0, 0.05) is 16.6 Å². The molecule has 0 bridgehead atoms. The fourth-order valence-electron chi connectivity index (χ4n) is 3.94. The summed E-state index contributed by atoms with van der Waals surface area (Å²) < 4.78 is 15.9. The Morgan fingerprint density at radius 2 is 1.68 bits per heavy atom. The van der Waals surface area contributed by atoms with Gasteiger partial charge in [0.1, 0.15) is 29.0 Å². The molecule has 0 aliphatic carbocycles. The zero-order valence-corrected chi connectivity index (χ0v) is 20.5. The van der Waals surface area contributed by atoms with E-state index >= 15 is 0 Å². The number of aryl methyl sites for hydroxylation is 1. The number of methoxy groups -OCH3 is 3. The highest BCUT2D eigenvalue weighted by atomic mass is 35.5. The van der Waals surface area contributed by atoms with Gasteiger partial charge in [-0.25, -0.2) is 0 Å². The van der Waals surface area contributed by atoms with Gasteiger partial charge in [-0.05, 0) is 54.3 Å². The van der Waals surface area contributed by atoms with Crippen molar-refractivity contribution >= 4 is 46.1 Å². The normalized spacial score (nSPS) is 17.2. The quantitative estimate of drug-likeness (QED) is 0.279. The number of ether oxygens (including phenoxy) is 3. The molecule has 1 N–H and O–H groups in total. The number of carbonyl (C=O) groups is 2. The van der Waals surface area contributed by atoms with Crippen LogP contribution < -0.4 is 19.1 Å². The van der Waals surface area contributed by atoms with Crippen LogP contribution in [0.15, 0.2) is 53.4 Å². The molecule has 7 nitrogen and oxygen atoms in total. The van der Waals surface area contributed by atoms with Gasteiger partial charge >= 0.3 is 0 Å². The minimum atomic E-state index is -0.834. The summed E-state index contributed by atoms with van der Waals surface area (Å²) >= 11 is 7.61. The Bertz CT molecular complexity index is 1300. The summed E-state index contributed by atoms with van der Waals surface area (Å²) in [7, 11) is 4.41. The van der Waals surface area contributed by atoms with Crippen LogP contribution in [0.4, 0.5) is 5.69 Å². The van der Waals surface area contributed by atoms with Crippen molar-refractivity contribution in [2.75, 3.05) is 26.2 Å². The fourth-order valence-corrected chi connectivity index (χ4v) is 5.20. The second-order valence-corrected chi connectivity index (χ2v) is 8.88. The number of aliphatic hydroxyl groups excluding tert-OH is 1. The largest absolute Gasteiger partial charge is 0.507 e. The lowest BCUT2D eigenvalue weighted by Crippen LogP contribution is -2.29. The molecule has 9 heteroatoms. The number of halogens is 1. The van der Waals surface area contributed by atoms with Crippen molar-refractivity contribution in [3.63, 3.8) is 0 Å². The van der Waals surface area contributed by atoms with Crippen molar-refractivity contribution in [1.82, 2.24) is 0 Å². The summed E-state index contributed by atoms with van der Waals surface area (Å²) in [6.07, 6.45) is 0. The second kappa shape index (κ2) is 9.40. The number of rotatable bonds is 6. The van der Waals surface area contributed by atoms with Crippen molar-refractivity contribution < 1.29 is 28.9 Å². The Kier molecular flexibility index (Phi) is 6.54. The first-order valence-corrected chi connectivity index (χ1v) is 11.5. The van der Waals surface area contributed by atoms with Gasteiger partial charge in [0.15, 0.2) is 0 Å². The maximum Gasteiger partial charge on any atom is 0.300 e. The predicted octanol–water partition coefficient (Wildman–Crippen LogP) is 5.36. The molecule has 1 atom stereocenters. The molecule has 0 saturated carbocycles. The molecule has 1 unspecified atom stereocenters. The molecule has 1 aliphatic heterocycles. The van der Waals surface area contributed by atoms with E-state index in [1.165, 1.54) is 42.6 Å². The second-order valence-electron chi connectivity index (χ2n) is 7.52. The highest BCUT2D eigenvalue weighted by Crippen LogP contribution is 2.46. The van der Waals surface area contributed by atoms with E-state index in [0.717, 1.165) is 10.4 Å². The van der Waals surface area contributed by atoms with Crippen molar-refractivity contribution in [2.24, 2.45) is 0 Å². The fraction of sp³-hybridized carbons (Fsp3) is 0.200. The van der Waals surface area contributed by atoms with Crippen molar-refractivity contribution in [2.45, 2.75) is 13.0 Å². The third-order valence-corrected chi connectivity index (χ3v) is 7.04. The van der Waals surface area contributed by atoms with Gasteiger partial charge < -0.3 is 19.3 Å². The molecule has 1 saturated heterocycles. The highest BCUT2D eigenvalue weighted by molar-refractivity contribution is 7.10. The Balaban J connectivity index is 1.97. The number of amides is 1. The number of aliphatic hydroxyl groups is 1. The number of benzene rings is 2. The lowest BCUT2D eigenvalue weighted by Gasteiger charge is -2.25. The van der Waals surface area contributed by atoms with E-state index in [-0.39, 0.29) is 33.4 Å². The zero-order chi connectivity index (χ0) is 24.6. The van der Waals surface area contributed by atoms with E-state index in [1.54, 1.807) is 31.4 Å². The summed E-state index contributed by atoms with van der Waals surface area (Å²) in [5.74, 6) is -0.787. The zero-order valence-electron chi connectivity index (χ0n) is 18.9. The van der Waals surface area contributed by atoms with Gasteiger partial charge in [0.2, 0.25) is 0 Å². The maximum atomic E-state index is 13.3. The first kappa shape index (κ1) is 23.7. The van der Waals surface area contributed by atoms with Crippen LogP contribution in [0.2, 0.25) is 5.02 Å². The molecule has 4 rings (SSSR count). The molecule has 2 aromatic carbocycles. The SMILES string of the molecule is COc1ccc(N2C(=O)C(=O)/C(=C(/O)c3cc(OC)c(Cl)cc3OC)C2c2sccc2C)cc1. The van der Waals surface area contributed by atoms with Crippen LogP contribution in [0.25, 0.3) is 5.76 Å². The van der Waals surface area contributed by atoms with E-state index in [2.05, 4.69) is 0 Å². The predicted molar refractivity (Wildman–Crippen MR) is 131 cm³/mol. The van der Waals surface area contributed by atoms with Gasteiger partial charge in [-0.15, -0.1) is 11.3 Å². The molecule has 1 aromatic heterocycles. The first-order valence-electron chi connectivity index (χ1n) is 10.2. The van der Waals surface area contributed by atoms with Crippen LogP contribution in [0.5, 0.6) is 17.2 Å². The summed E-state index contributed by atoms with van der Waals surface area (Å²) in [6.45, 7) is 1.89. The highest BCUT2D eigenvalue weighted by Gasteiger charge is 2.48. The van der Waals surface area contributed by atoms with Crippen LogP contribution >= 0.6 is 22.9 Å². The number of Topliss-reactive ketones (excluding diaryl/α,β-unsaturated/α-hetero) is 1. The first-order chi connectivity index (χ1) is 16.3. The number of carbonyl (C=O) groups excluding carboxylic acids is 2. The average Bonchev–Trinajstić information content (AvgIpc) is 3.38. The van der Waals surface area contributed by atoms with Crippen LogP contribution in [0.3, 0.4) is 0 Å². The monoisotopic (exact) mass is 499 g/mol. The number of anilines is 1. The number of ketones is 1. The Hall–Kier alpha value is -3.49. The van der Waals surface area contributed by atoms with E-state index in [0.29, 0.717) is 11.4 Å². The third-order valence-electron chi connectivity index (χ3n) is 5.67. The Morgan fingerprint density at radius 3 is 2.24 bits per heavy atom. The van der Waals surface area contributed by atoms with Gasteiger partial charge in [-0.2, -0.15) is 0 Å². The average molecular weight is 500 g/mol. The molecular weight excluding hydrogens is 478 g/mol. The minimum Gasteiger partial charge on any atom is -0.507 e. The van der Waals surface area contributed by atoms with Crippen molar-refractivity contribution in [3.05, 3.63) is 74.4 Å². The molecule has 0 spiro atoms. The van der Waals surface area contributed by atoms with E-state index in [1.807, 2.05) is 18.4 Å². The Morgan fingerprint density at radius 1 is 1.00 bits per heavy atom. The molecule has 34 heavy (non-hydrogen) atoms. The van der Waals surface area contributed by atoms with Crippen LogP contribution in [-0.4, -0.2) is 38.1 Å². The smallest absolute Gasteiger partial charge is 0.300 e. The summed E-state index contributed by atoms with van der Waals surface area (Å²) in [5, 5.41) is 13.6. The van der Waals surface area contributed by atoms with Crippen molar-refractivity contribution in [3.8, 4) is 17.2 Å². The molecule has 1 amide bonds. The number of thiophene rings is 1. The summed E-state index contributed by atoms with van der Waals surface area (Å²) in [6, 6.07) is 10.9. The van der Waals surface area contributed by atoms with Gasteiger partial charge in [-0.1, -0.05) is 11.6 Å². The topological polar surface area (TPSA) is 85.3 Å². The van der Waals surface area contributed by atoms with Crippen molar-refractivity contribution in [1.29, 1.82) is 0 Å². The number of hydrogen-bond acceptors (Lipinski definition) is 7. The lowest BCUT2D eigenvalue weighted by molar-refractivity contribution is -0.132. The summed E-state index contributed by atoms with van der Waals surface area (Å²) in [5.41, 5.74) is 1.53. The summed E-state index contributed by atoms with van der Waals surface area (Å²) in [4.78, 5) is 28.8. The maximum absolute atomic E-state index is 13.3. The van der Waals surface area contributed by atoms with E-state index < -0.39 is 17.7 Å². The number of nitrogens with zero attached hydrogens (tertiary/aromatic N) is 1. The third kappa shape index (κ3) is 3.89. The Labute approximate surface area is 205 Å².